The molecule has 3 heterocycles. The molecule has 3 aromatic rings. The van der Waals surface area contributed by atoms with Crippen molar-refractivity contribution in [3.05, 3.63) is 46.2 Å². The van der Waals surface area contributed by atoms with E-state index in [0.717, 1.165) is 35.3 Å². The summed E-state index contributed by atoms with van der Waals surface area (Å²) in [4.78, 5) is 31.7. The predicted octanol–water partition coefficient (Wildman–Crippen LogP) is 2.56. The van der Waals surface area contributed by atoms with E-state index in [-0.39, 0.29) is 24.4 Å². The minimum absolute atomic E-state index is 0.00504. The van der Waals surface area contributed by atoms with E-state index in [0.29, 0.717) is 4.88 Å². The van der Waals surface area contributed by atoms with Crippen LogP contribution >= 0.6 is 11.3 Å². The first-order valence-corrected chi connectivity index (χ1v) is 9.75. The Morgan fingerprint density at radius 2 is 1.85 bits per heavy atom. The Bertz CT molecular complexity index is 960. The van der Waals surface area contributed by atoms with Gasteiger partial charge in [0.05, 0.1) is 10.9 Å². The maximum absolute atomic E-state index is 12.9. The third kappa shape index (κ3) is 3.44. The van der Waals surface area contributed by atoms with Gasteiger partial charge in [-0.25, -0.2) is 0 Å². The van der Waals surface area contributed by atoms with Crippen molar-refractivity contribution in [2.45, 2.75) is 25.4 Å². The minimum Gasteiger partial charge on any atom is -0.344 e. The molecule has 0 aliphatic carbocycles. The Hall–Kier alpha value is -2.74. The van der Waals surface area contributed by atoms with Gasteiger partial charge in [0.25, 0.3) is 5.91 Å². The SMILES string of the molecule is CN(C)C(=O)c1ccc([C@H]2CCCN2C(=O)Cn2nc3ccccc3n2)s1. The van der Waals surface area contributed by atoms with Crippen molar-refractivity contribution in [1.82, 2.24) is 24.8 Å². The zero-order chi connectivity index (χ0) is 19.0. The van der Waals surface area contributed by atoms with Crippen molar-refractivity contribution >= 4 is 34.2 Å². The summed E-state index contributed by atoms with van der Waals surface area (Å²) in [6.45, 7) is 0.846. The second-order valence-corrected chi connectivity index (χ2v) is 7.98. The fourth-order valence-corrected chi connectivity index (χ4v) is 4.59. The standard InChI is InChI=1S/C19H21N5O2S/c1-22(2)19(26)17-10-9-16(27-17)15-8-5-11-23(15)18(25)12-24-20-13-6-3-4-7-14(13)21-24/h3-4,6-7,9-10,15H,5,8,11-12H2,1-2H3/t15-/m1/s1. The maximum atomic E-state index is 12.9. The van der Waals surface area contributed by atoms with Gasteiger partial charge >= 0.3 is 0 Å². The van der Waals surface area contributed by atoms with E-state index in [9.17, 15) is 9.59 Å². The molecule has 7 nitrogen and oxygen atoms in total. The lowest BCUT2D eigenvalue weighted by Crippen LogP contribution is -2.33. The monoisotopic (exact) mass is 383 g/mol. The van der Waals surface area contributed by atoms with Crippen molar-refractivity contribution in [3.8, 4) is 0 Å². The molecule has 0 radical (unpaired) electrons. The first-order chi connectivity index (χ1) is 13.0. The van der Waals surface area contributed by atoms with Gasteiger partial charge in [0, 0.05) is 25.5 Å². The normalized spacial score (nSPS) is 16.8. The van der Waals surface area contributed by atoms with Crippen LogP contribution in [0, 0.1) is 0 Å². The summed E-state index contributed by atoms with van der Waals surface area (Å²) >= 11 is 1.47. The number of benzene rings is 1. The van der Waals surface area contributed by atoms with Gasteiger partial charge in [-0.1, -0.05) is 12.1 Å². The number of hydrogen-bond donors (Lipinski definition) is 0. The highest BCUT2D eigenvalue weighted by Gasteiger charge is 2.31. The number of fused-ring (bicyclic) bond motifs is 1. The number of hydrogen-bond acceptors (Lipinski definition) is 5. The topological polar surface area (TPSA) is 71.3 Å². The van der Waals surface area contributed by atoms with E-state index < -0.39 is 0 Å². The Labute approximate surface area is 161 Å². The maximum Gasteiger partial charge on any atom is 0.263 e. The van der Waals surface area contributed by atoms with Crippen LogP contribution in [0.2, 0.25) is 0 Å². The van der Waals surface area contributed by atoms with Crippen LogP contribution in [0.5, 0.6) is 0 Å². The van der Waals surface area contributed by atoms with Crippen LogP contribution in [0.1, 0.15) is 33.4 Å². The van der Waals surface area contributed by atoms with Gasteiger partial charge in [-0.2, -0.15) is 15.0 Å². The molecule has 1 aliphatic rings. The molecule has 1 fully saturated rings. The zero-order valence-corrected chi connectivity index (χ0v) is 16.1. The highest BCUT2D eigenvalue weighted by molar-refractivity contribution is 7.14. The molecule has 1 aromatic carbocycles. The zero-order valence-electron chi connectivity index (χ0n) is 15.3. The summed E-state index contributed by atoms with van der Waals surface area (Å²) in [7, 11) is 3.49. The molecule has 0 spiro atoms. The molecule has 0 saturated carbocycles. The number of thiophene rings is 1. The average molecular weight is 383 g/mol. The molecule has 8 heteroatoms. The lowest BCUT2D eigenvalue weighted by atomic mass is 10.2. The summed E-state index contributed by atoms with van der Waals surface area (Å²) in [5.41, 5.74) is 1.57. The van der Waals surface area contributed by atoms with Gasteiger partial charge in [0.1, 0.15) is 17.6 Å². The van der Waals surface area contributed by atoms with Gasteiger partial charge in [-0.3, -0.25) is 9.59 Å². The van der Waals surface area contributed by atoms with Crippen LogP contribution in [0.25, 0.3) is 11.0 Å². The summed E-state index contributed by atoms with van der Waals surface area (Å²) < 4.78 is 0. The molecule has 4 rings (SSSR count). The first kappa shape index (κ1) is 17.7. The van der Waals surface area contributed by atoms with Crippen LogP contribution in [0.15, 0.2) is 36.4 Å². The van der Waals surface area contributed by atoms with Crippen molar-refractivity contribution in [2.75, 3.05) is 20.6 Å². The van der Waals surface area contributed by atoms with E-state index in [4.69, 9.17) is 0 Å². The van der Waals surface area contributed by atoms with Gasteiger partial charge in [0.2, 0.25) is 5.91 Å². The fourth-order valence-electron chi connectivity index (χ4n) is 3.42. The van der Waals surface area contributed by atoms with Crippen molar-refractivity contribution in [1.29, 1.82) is 0 Å². The molecule has 0 bridgehead atoms. The van der Waals surface area contributed by atoms with Gasteiger partial charge in [-0.15, -0.1) is 11.3 Å². The summed E-state index contributed by atoms with van der Waals surface area (Å²) in [5.74, 6) is 0.00115. The lowest BCUT2D eigenvalue weighted by Gasteiger charge is -2.23. The molecule has 140 valence electrons. The number of aromatic nitrogens is 3. The highest BCUT2D eigenvalue weighted by Crippen LogP contribution is 2.36. The molecule has 1 saturated heterocycles. The van der Waals surface area contributed by atoms with Crippen LogP contribution in [0.3, 0.4) is 0 Å². The molecule has 1 atom stereocenters. The smallest absolute Gasteiger partial charge is 0.263 e. The number of amides is 2. The summed E-state index contributed by atoms with van der Waals surface area (Å²) in [6, 6.07) is 11.4. The second-order valence-electron chi connectivity index (χ2n) is 6.87. The van der Waals surface area contributed by atoms with E-state index >= 15 is 0 Å². The van der Waals surface area contributed by atoms with Crippen molar-refractivity contribution < 1.29 is 9.59 Å². The van der Waals surface area contributed by atoms with E-state index in [1.165, 1.54) is 16.1 Å². The lowest BCUT2D eigenvalue weighted by molar-refractivity contribution is -0.133. The van der Waals surface area contributed by atoms with Gasteiger partial charge < -0.3 is 9.80 Å². The minimum atomic E-state index is -0.00504. The van der Waals surface area contributed by atoms with Gasteiger partial charge in [-0.05, 0) is 37.1 Å². The summed E-state index contributed by atoms with van der Waals surface area (Å²) in [6.07, 6.45) is 1.87. The summed E-state index contributed by atoms with van der Waals surface area (Å²) in [5, 5.41) is 8.76. The highest BCUT2D eigenvalue weighted by atomic mass is 32.1. The molecule has 1 aliphatic heterocycles. The van der Waals surface area contributed by atoms with Crippen LogP contribution in [-0.4, -0.2) is 57.2 Å². The molecule has 0 N–H and O–H groups in total. The quantitative estimate of drug-likeness (QED) is 0.694. The number of carbonyl (C=O) groups excluding carboxylic acids is 2. The van der Waals surface area contributed by atoms with Gasteiger partial charge in [0.15, 0.2) is 0 Å². The van der Waals surface area contributed by atoms with E-state index in [1.54, 1.807) is 19.0 Å². The van der Waals surface area contributed by atoms with Crippen LogP contribution in [-0.2, 0) is 11.3 Å². The third-order valence-electron chi connectivity index (χ3n) is 4.75. The fraction of sp³-hybridized carbons (Fsp3) is 0.368. The molecule has 0 unspecified atom stereocenters. The average Bonchev–Trinajstić information content (AvgIpc) is 3.38. The number of likely N-dealkylation sites (tertiary alicyclic amines) is 1. The second kappa shape index (κ2) is 7.11. The molecular formula is C19H21N5O2S. The molecular weight excluding hydrogens is 362 g/mol. The Kier molecular flexibility index (Phi) is 4.65. The van der Waals surface area contributed by atoms with Crippen LogP contribution in [0.4, 0.5) is 0 Å². The van der Waals surface area contributed by atoms with Crippen molar-refractivity contribution in [3.63, 3.8) is 0 Å². The first-order valence-electron chi connectivity index (χ1n) is 8.93. The number of nitrogens with zero attached hydrogens (tertiary/aromatic N) is 5. The van der Waals surface area contributed by atoms with E-state index in [1.807, 2.05) is 41.3 Å². The molecule has 2 amide bonds. The third-order valence-corrected chi connectivity index (χ3v) is 5.92. The Balaban J connectivity index is 1.50. The van der Waals surface area contributed by atoms with E-state index in [2.05, 4.69) is 10.2 Å². The van der Waals surface area contributed by atoms with Crippen LogP contribution < -0.4 is 0 Å². The Morgan fingerprint density at radius 1 is 1.15 bits per heavy atom. The number of rotatable bonds is 4. The number of carbonyl (C=O) groups is 2. The largest absolute Gasteiger partial charge is 0.344 e. The predicted molar refractivity (Wildman–Crippen MR) is 104 cm³/mol. The Morgan fingerprint density at radius 3 is 2.52 bits per heavy atom. The molecule has 2 aromatic heterocycles. The van der Waals surface area contributed by atoms with Crippen molar-refractivity contribution in [2.24, 2.45) is 0 Å². The molecule has 27 heavy (non-hydrogen) atoms.